The molecule has 2 heterocycles. The fourth-order valence-electron chi connectivity index (χ4n) is 2.71. The molecule has 1 atom stereocenters. The zero-order valence-electron chi connectivity index (χ0n) is 12.7. The van der Waals surface area contributed by atoms with E-state index in [9.17, 15) is 4.79 Å². The van der Waals surface area contributed by atoms with Gasteiger partial charge in [0.2, 0.25) is 0 Å². The van der Waals surface area contributed by atoms with Crippen molar-refractivity contribution >= 4 is 28.8 Å². The van der Waals surface area contributed by atoms with Crippen LogP contribution in [-0.2, 0) is 4.74 Å². The number of nitrogens with zero attached hydrogens (tertiary/aromatic N) is 1. The molecule has 1 amide bonds. The van der Waals surface area contributed by atoms with Crippen molar-refractivity contribution in [1.29, 1.82) is 0 Å². The monoisotopic (exact) mass is 350 g/mol. The van der Waals surface area contributed by atoms with Crippen LogP contribution in [0.3, 0.4) is 0 Å². The summed E-state index contributed by atoms with van der Waals surface area (Å²) in [5.41, 5.74) is 0.515. The molecule has 4 nitrogen and oxygen atoms in total. The first-order chi connectivity index (χ1) is 11.3. The van der Waals surface area contributed by atoms with Crippen LogP contribution in [0.2, 0.25) is 5.02 Å². The van der Waals surface area contributed by atoms with Gasteiger partial charge in [0.1, 0.15) is 0 Å². The maximum absolute atomic E-state index is 12.4. The van der Waals surface area contributed by atoms with Gasteiger partial charge in [-0.1, -0.05) is 29.8 Å². The van der Waals surface area contributed by atoms with Crippen molar-refractivity contribution in [2.24, 2.45) is 0 Å². The number of morpholine rings is 1. The first-order valence-electron chi connectivity index (χ1n) is 7.63. The quantitative estimate of drug-likeness (QED) is 0.900. The highest BCUT2D eigenvalue weighted by atomic mass is 35.5. The van der Waals surface area contributed by atoms with Crippen LogP contribution in [0.1, 0.15) is 21.3 Å². The molecule has 2 aromatic rings. The SMILES string of the molecule is O=C(NC[C@@H](c1cccs1)N1CCOCC1)c1ccccc1Cl. The maximum Gasteiger partial charge on any atom is 0.252 e. The predicted molar refractivity (Wildman–Crippen MR) is 93.2 cm³/mol. The number of hydrogen-bond acceptors (Lipinski definition) is 4. The van der Waals surface area contributed by atoms with E-state index in [-0.39, 0.29) is 11.9 Å². The van der Waals surface area contributed by atoms with Gasteiger partial charge in [-0.05, 0) is 23.6 Å². The van der Waals surface area contributed by atoms with Crippen LogP contribution in [0.4, 0.5) is 0 Å². The number of carbonyl (C=O) groups excluding carboxylic acids is 1. The third-order valence-electron chi connectivity index (χ3n) is 3.93. The molecule has 1 aromatic carbocycles. The molecule has 0 unspecified atom stereocenters. The van der Waals surface area contributed by atoms with Crippen LogP contribution in [0, 0.1) is 0 Å². The van der Waals surface area contributed by atoms with Gasteiger partial charge in [-0.3, -0.25) is 9.69 Å². The molecule has 0 aliphatic carbocycles. The minimum atomic E-state index is -0.134. The first-order valence-corrected chi connectivity index (χ1v) is 8.89. The summed E-state index contributed by atoms with van der Waals surface area (Å²) < 4.78 is 5.43. The first kappa shape index (κ1) is 16.5. The van der Waals surface area contributed by atoms with E-state index < -0.39 is 0 Å². The highest BCUT2D eigenvalue weighted by Crippen LogP contribution is 2.25. The van der Waals surface area contributed by atoms with E-state index >= 15 is 0 Å². The largest absolute Gasteiger partial charge is 0.379 e. The molecular weight excluding hydrogens is 332 g/mol. The molecule has 122 valence electrons. The van der Waals surface area contributed by atoms with Crippen LogP contribution >= 0.6 is 22.9 Å². The van der Waals surface area contributed by atoms with E-state index in [2.05, 4.69) is 21.7 Å². The highest BCUT2D eigenvalue weighted by molar-refractivity contribution is 7.10. The van der Waals surface area contributed by atoms with Crippen molar-refractivity contribution in [3.63, 3.8) is 0 Å². The number of hydrogen-bond donors (Lipinski definition) is 1. The second kappa shape index (κ2) is 7.93. The smallest absolute Gasteiger partial charge is 0.252 e. The molecule has 6 heteroatoms. The zero-order valence-corrected chi connectivity index (χ0v) is 14.3. The topological polar surface area (TPSA) is 41.6 Å². The molecule has 0 bridgehead atoms. The Labute approximate surface area is 145 Å². The summed E-state index contributed by atoms with van der Waals surface area (Å²) >= 11 is 7.81. The number of ether oxygens (including phenoxy) is 1. The lowest BCUT2D eigenvalue weighted by molar-refractivity contribution is 0.0169. The molecule has 3 rings (SSSR count). The third kappa shape index (κ3) is 4.12. The highest BCUT2D eigenvalue weighted by Gasteiger charge is 2.24. The van der Waals surface area contributed by atoms with E-state index in [1.807, 2.05) is 18.2 Å². The van der Waals surface area contributed by atoms with Crippen LogP contribution in [0.25, 0.3) is 0 Å². The van der Waals surface area contributed by atoms with Gasteiger partial charge in [0.05, 0.1) is 29.8 Å². The number of benzene rings is 1. The van der Waals surface area contributed by atoms with Crippen LogP contribution in [0.15, 0.2) is 41.8 Å². The summed E-state index contributed by atoms with van der Waals surface area (Å²) in [6.45, 7) is 3.79. The molecular formula is C17H19ClN2O2S. The maximum atomic E-state index is 12.4. The van der Waals surface area contributed by atoms with Crippen LogP contribution < -0.4 is 5.32 Å². The summed E-state index contributed by atoms with van der Waals surface area (Å²) in [6.07, 6.45) is 0. The lowest BCUT2D eigenvalue weighted by Crippen LogP contribution is -2.43. The van der Waals surface area contributed by atoms with Gasteiger partial charge >= 0.3 is 0 Å². The van der Waals surface area contributed by atoms with Crippen molar-refractivity contribution in [2.75, 3.05) is 32.8 Å². The Morgan fingerprint density at radius 1 is 1.26 bits per heavy atom. The van der Waals surface area contributed by atoms with Crippen LogP contribution in [-0.4, -0.2) is 43.7 Å². The number of amides is 1. The minimum absolute atomic E-state index is 0.134. The summed E-state index contributed by atoms with van der Waals surface area (Å²) in [5.74, 6) is -0.134. The van der Waals surface area contributed by atoms with Gasteiger partial charge in [0, 0.05) is 24.5 Å². The van der Waals surface area contributed by atoms with E-state index in [1.54, 1.807) is 23.5 Å². The van der Waals surface area contributed by atoms with Crippen molar-refractivity contribution in [1.82, 2.24) is 10.2 Å². The van der Waals surface area contributed by atoms with Gasteiger partial charge in [-0.25, -0.2) is 0 Å². The summed E-state index contributed by atoms with van der Waals surface area (Å²) in [7, 11) is 0. The molecule has 1 aliphatic heterocycles. The Hall–Kier alpha value is -1.40. The van der Waals surface area contributed by atoms with E-state index in [0.717, 1.165) is 26.3 Å². The van der Waals surface area contributed by atoms with Gasteiger partial charge in [-0.2, -0.15) is 0 Å². The molecule has 1 fully saturated rings. The Bertz CT molecular complexity index is 642. The van der Waals surface area contributed by atoms with Crippen molar-refractivity contribution in [2.45, 2.75) is 6.04 Å². The van der Waals surface area contributed by atoms with Gasteiger partial charge in [-0.15, -0.1) is 11.3 Å². The molecule has 0 radical (unpaired) electrons. The van der Waals surface area contributed by atoms with Crippen molar-refractivity contribution in [3.05, 3.63) is 57.2 Å². The zero-order chi connectivity index (χ0) is 16.1. The van der Waals surface area contributed by atoms with Crippen molar-refractivity contribution in [3.8, 4) is 0 Å². The average Bonchev–Trinajstić information content (AvgIpc) is 3.10. The van der Waals surface area contributed by atoms with Crippen LogP contribution in [0.5, 0.6) is 0 Å². The molecule has 23 heavy (non-hydrogen) atoms. The van der Waals surface area contributed by atoms with E-state index in [0.29, 0.717) is 17.1 Å². The lowest BCUT2D eigenvalue weighted by Gasteiger charge is -2.34. The summed E-state index contributed by atoms with van der Waals surface area (Å²) in [5, 5.41) is 5.57. The number of halogens is 1. The third-order valence-corrected chi connectivity index (χ3v) is 5.24. The van der Waals surface area contributed by atoms with Gasteiger partial charge < -0.3 is 10.1 Å². The molecule has 1 aliphatic rings. The molecule has 1 aromatic heterocycles. The van der Waals surface area contributed by atoms with E-state index in [1.165, 1.54) is 4.88 Å². The fourth-order valence-corrected chi connectivity index (χ4v) is 3.79. The number of rotatable bonds is 5. The van der Waals surface area contributed by atoms with E-state index in [4.69, 9.17) is 16.3 Å². The van der Waals surface area contributed by atoms with Gasteiger partial charge in [0.15, 0.2) is 0 Å². The second-order valence-corrected chi connectivity index (χ2v) is 6.76. The number of carbonyl (C=O) groups is 1. The fraction of sp³-hybridized carbons (Fsp3) is 0.353. The second-order valence-electron chi connectivity index (χ2n) is 5.37. The number of thiophene rings is 1. The molecule has 1 N–H and O–H groups in total. The molecule has 1 saturated heterocycles. The van der Waals surface area contributed by atoms with Gasteiger partial charge in [0.25, 0.3) is 5.91 Å². The predicted octanol–water partition coefficient (Wildman–Crippen LogP) is 3.20. The lowest BCUT2D eigenvalue weighted by atomic mass is 10.1. The Kier molecular flexibility index (Phi) is 5.67. The van der Waals surface area contributed by atoms with Crippen molar-refractivity contribution < 1.29 is 9.53 Å². The normalized spacial score (nSPS) is 16.9. The Morgan fingerprint density at radius 2 is 2.04 bits per heavy atom. The standard InChI is InChI=1S/C17H19ClN2O2S/c18-14-5-2-1-4-13(14)17(21)19-12-15(16-6-3-11-23-16)20-7-9-22-10-8-20/h1-6,11,15H,7-10,12H2,(H,19,21)/t15-/m0/s1. The average molecular weight is 351 g/mol. The molecule has 0 spiro atoms. The summed E-state index contributed by atoms with van der Waals surface area (Å²) in [6, 6.07) is 11.4. The Morgan fingerprint density at radius 3 is 2.74 bits per heavy atom. The number of nitrogens with one attached hydrogen (secondary N) is 1. The molecule has 0 saturated carbocycles. The minimum Gasteiger partial charge on any atom is -0.379 e. The summed E-state index contributed by atoms with van der Waals surface area (Å²) in [4.78, 5) is 16.0. The Balaban J connectivity index is 1.69.